The summed E-state index contributed by atoms with van der Waals surface area (Å²) in [6.45, 7) is 4.24. The highest BCUT2D eigenvalue weighted by atomic mass is 16.4. The molecule has 0 aliphatic carbocycles. The maximum absolute atomic E-state index is 12.8. The average molecular weight is 297 g/mol. The predicted molar refractivity (Wildman–Crippen MR) is 80.2 cm³/mol. The highest BCUT2D eigenvalue weighted by Crippen LogP contribution is 2.27. The van der Waals surface area contributed by atoms with Crippen LogP contribution in [0.1, 0.15) is 32.6 Å². The van der Waals surface area contributed by atoms with Gasteiger partial charge in [0.25, 0.3) is 0 Å². The number of amides is 2. The molecule has 2 saturated heterocycles. The maximum Gasteiger partial charge on any atom is 0.320 e. The molecule has 2 fully saturated rings. The molecule has 120 valence electrons. The van der Waals surface area contributed by atoms with E-state index in [2.05, 4.69) is 4.90 Å². The van der Waals surface area contributed by atoms with Crippen LogP contribution >= 0.6 is 0 Å². The van der Waals surface area contributed by atoms with Gasteiger partial charge in [0.1, 0.15) is 0 Å². The molecule has 0 bridgehead atoms. The van der Waals surface area contributed by atoms with E-state index in [9.17, 15) is 9.59 Å². The van der Waals surface area contributed by atoms with Crippen LogP contribution in [0.3, 0.4) is 0 Å². The van der Waals surface area contributed by atoms with Gasteiger partial charge < -0.3 is 19.8 Å². The van der Waals surface area contributed by atoms with Gasteiger partial charge in [0, 0.05) is 31.7 Å². The summed E-state index contributed by atoms with van der Waals surface area (Å²) < 4.78 is 0. The van der Waals surface area contributed by atoms with Crippen molar-refractivity contribution in [1.29, 1.82) is 0 Å². The zero-order chi connectivity index (χ0) is 15.6. The molecule has 0 spiro atoms. The summed E-state index contributed by atoms with van der Waals surface area (Å²) in [5, 5.41) is 9.11. The number of aliphatic carboxylic acids is 1. The van der Waals surface area contributed by atoms with E-state index in [0.29, 0.717) is 19.4 Å². The van der Waals surface area contributed by atoms with Crippen molar-refractivity contribution in [3.63, 3.8) is 0 Å². The van der Waals surface area contributed by atoms with Crippen LogP contribution in [0.2, 0.25) is 0 Å². The largest absolute Gasteiger partial charge is 0.481 e. The van der Waals surface area contributed by atoms with Gasteiger partial charge in [0.2, 0.25) is 0 Å². The SMILES string of the molecule is CC1CC(C(=O)O)CCN1C(=O)N1CCCC1CN(C)C. The molecule has 0 saturated carbocycles. The molecule has 2 amide bonds. The summed E-state index contributed by atoms with van der Waals surface area (Å²) in [6.07, 6.45) is 3.25. The number of piperidine rings is 1. The summed E-state index contributed by atoms with van der Waals surface area (Å²) in [5.41, 5.74) is 0. The number of carboxylic acids is 1. The Labute approximate surface area is 126 Å². The van der Waals surface area contributed by atoms with Crippen molar-refractivity contribution >= 4 is 12.0 Å². The highest BCUT2D eigenvalue weighted by Gasteiger charge is 2.37. The number of hydrogen-bond donors (Lipinski definition) is 1. The Morgan fingerprint density at radius 2 is 1.90 bits per heavy atom. The predicted octanol–water partition coefficient (Wildman–Crippen LogP) is 1.32. The molecule has 6 nitrogen and oxygen atoms in total. The van der Waals surface area contributed by atoms with Crippen molar-refractivity contribution in [2.45, 2.75) is 44.7 Å². The molecule has 0 radical (unpaired) electrons. The molecule has 2 aliphatic rings. The van der Waals surface area contributed by atoms with E-state index in [1.54, 1.807) is 0 Å². The summed E-state index contributed by atoms with van der Waals surface area (Å²) in [7, 11) is 4.06. The quantitative estimate of drug-likeness (QED) is 0.853. The fourth-order valence-electron chi connectivity index (χ4n) is 3.54. The summed E-state index contributed by atoms with van der Waals surface area (Å²) in [4.78, 5) is 29.8. The topological polar surface area (TPSA) is 64.1 Å². The fraction of sp³-hybridized carbons (Fsp3) is 0.867. The first-order valence-corrected chi connectivity index (χ1v) is 7.85. The number of carboxylic acid groups (broad SMARTS) is 1. The second-order valence-electron chi connectivity index (χ2n) is 6.64. The first-order chi connectivity index (χ1) is 9.90. The second-order valence-corrected chi connectivity index (χ2v) is 6.64. The van der Waals surface area contributed by atoms with Crippen LogP contribution in [-0.4, -0.2) is 77.6 Å². The van der Waals surface area contributed by atoms with Gasteiger partial charge in [-0.1, -0.05) is 0 Å². The standard InChI is InChI=1S/C15H27N3O3/c1-11-9-12(14(19)20)6-8-17(11)15(21)18-7-4-5-13(18)10-16(2)3/h11-13H,4-10H2,1-3H3,(H,19,20). The number of hydrogen-bond acceptors (Lipinski definition) is 3. The van der Waals surface area contributed by atoms with Crippen molar-refractivity contribution in [2.75, 3.05) is 33.7 Å². The van der Waals surface area contributed by atoms with Gasteiger partial charge in [-0.15, -0.1) is 0 Å². The lowest BCUT2D eigenvalue weighted by Crippen LogP contribution is -2.53. The Hall–Kier alpha value is -1.30. The molecule has 0 aromatic rings. The summed E-state index contributed by atoms with van der Waals surface area (Å²) >= 11 is 0. The van der Waals surface area contributed by atoms with E-state index in [1.807, 2.05) is 30.8 Å². The number of likely N-dealkylation sites (N-methyl/N-ethyl adjacent to an activating group) is 1. The van der Waals surface area contributed by atoms with Gasteiger partial charge in [-0.3, -0.25) is 4.79 Å². The van der Waals surface area contributed by atoms with E-state index >= 15 is 0 Å². The van der Waals surface area contributed by atoms with Crippen LogP contribution in [0.4, 0.5) is 4.79 Å². The lowest BCUT2D eigenvalue weighted by atomic mass is 9.92. The van der Waals surface area contributed by atoms with Crippen LogP contribution < -0.4 is 0 Å². The highest BCUT2D eigenvalue weighted by molar-refractivity contribution is 5.76. The molecule has 2 rings (SSSR count). The molecule has 21 heavy (non-hydrogen) atoms. The Morgan fingerprint density at radius 3 is 2.48 bits per heavy atom. The molecule has 0 aromatic heterocycles. The molecule has 1 N–H and O–H groups in total. The lowest BCUT2D eigenvalue weighted by molar-refractivity contribution is -0.143. The van der Waals surface area contributed by atoms with Crippen LogP contribution in [-0.2, 0) is 4.79 Å². The van der Waals surface area contributed by atoms with E-state index in [1.165, 1.54) is 0 Å². The Kier molecular flexibility index (Phi) is 5.08. The van der Waals surface area contributed by atoms with Crippen LogP contribution in [0.25, 0.3) is 0 Å². The first-order valence-electron chi connectivity index (χ1n) is 7.85. The van der Waals surface area contributed by atoms with Gasteiger partial charge in [-0.25, -0.2) is 4.79 Å². The maximum atomic E-state index is 12.8. The zero-order valence-electron chi connectivity index (χ0n) is 13.3. The molecule has 2 aliphatic heterocycles. The summed E-state index contributed by atoms with van der Waals surface area (Å²) in [5.74, 6) is -1.04. The van der Waals surface area contributed by atoms with Gasteiger partial charge in [-0.05, 0) is 46.7 Å². The number of likely N-dealkylation sites (tertiary alicyclic amines) is 2. The third kappa shape index (κ3) is 3.67. The molecule has 3 atom stereocenters. The van der Waals surface area contributed by atoms with Crippen molar-refractivity contribution in [1.82, 2.24) is 14.7 Å². The van der Waals surface area contributed by atoms with Crippen LogP contribution in [0.5, 0.6) is 0 Å². The van der Waals surface area contributed by atoms with E-state index in [-0.39, 0.29) is 24.0 Å². The van der Waals surface area contributed by atoms with Crippen molar-refractivity contribution < 1.29 is 14.7 Å². The molecule has 6 heteroatoms. The molecule has 3 unspecified atom stereocenters. The van der Waals surface area contributed by atoms with E-state index < -0.39 is 5.97 Å². The number of carbonyl (C=O) groups is 2. The number of urea groups is 1. The average Bonchev–Trinajstić information content (AvgIpc) is 2.85. The molecular formula is C15H27N3O3. The second kappa shape index (κ2) is 6.64. The number of nitrogens with zero attached hydrogens (tertiary/aromatic N) is 3. The van der Waals surface area contributed by atoms with Crippen molar-refractivity contribution in [3.8, 4) is 0 Å². The number of carbonyl (C=O) groups excluding carboxylic acids is 1. The van der Waals surface area contributed by atoms with E-state index in [4.69, 9.17) is 5.11 Å². The van der Waals surface area contributed by atoms with Gasteiger partial charge in [0.05, 0.1) is 5.92 Å². The van der Waals surface area contributed by atoms with Crippen molar-refractivity contribution in [2.24, 2.45) is 5.92 Å². The first kappa shape index (κ1) is 16.1. The third-order valence-corrected chi connectivity index (χ3v) is 4.67. The molecule has 2 heterocycles. The van der Waals surface area contributed by atoms with Gasteiger partial charge in [-0.2, -0.15) is 0 Å². The number of rotatable bonds is 3. The smallest absolute Gasteiger partial charge is 0.320 e. The van der Waals surface area contributed by atoms with Gasteiger partial charge >= 0.3 is 12.0 Å². The third-order valence-electron chi connectivity index (χ3n) is 4.67. The fourth-order valence-corrected chi connectivity index (χ4v) is 3.54. The van der Waals surface area contributed by atoms with Crippen LogP contribution in [0.15, 0.2) is 0 Å². The van der Waals surface area contributed by atoms with E-state index in [0.717, 1.165) is 25.9 Å². The van der Waals surface area contributed by atoms with Crippen LogP contribution in [0, 0.1) is 5.92 Å². The Morgan fingerprint density at radius 1 is 1.19 bits per heavy atom. The minimum absolute atomic E-state index is 0.00737. The lowest BCUT2D eigenvalue weighted by Gasteiger charge is -2.40. The normalized spacial score (nSPS) is 30.0. The van der Waals surface area contributed by atoms with Gasteiger partial charge in [0.15, 0.2) is 0 Å². The zero-order valence-corrected chi connectivity index (χ0v) is 13.3. The molecular weight excluding hydrogens is 270 g/mol. The molecule has 0 aromatic carbocycles. The monoisotopic (exact) mass is 297 g/mol. The Balaban J connectivity index is 1.98. The Bertz CT molecular complexity index is 400. The minimum atomic E-state index is -0.736. The van der Waals surface area contributed by atoms with Crippen molar-refractivity contribution in [3.05, 3.63) is 0 Å². The summed E-state index contributed by atoms with van der Waals surface area (Å²) in [6, 6.07) is 0.389. The minimum Gasteiger partial charge on any atom is -0.481 e.